The van der Waals surface area contributed by atoms with Gasteiger partial charge in [-0.25, -0.2) is 9.78 Å². The van der Waals surface area contributed by atoms with Crippen LogP contribution >= 0.6 is 27.5 Å². The highest BCUT2D eigenvalue weighted by Crippen LogP contribution is 2.33. The number of fused-ring (bicyclic) bond motifs is 2. The largest absolute Gasteiger partial charge is 0.462 e. The Bertz CT molecular complexity index is 1200. The summed E-state index contributed by atoms with van der Waals surface area (Å²) in [5.74, 6) is 0.340. The van der Waals surface area contributed by atoms with Gasteiger partial charge in [0.15, 0.2) is 0 Å². The summed E-state index contributed by atoms with van der Waals surface area (Å²) in [5, 5.41) is 1.44. The minimum Gasteiger partial charge on any atom is -0.462 e. The van der Waals surface area contributed by atoms with Gasteiger partial charge in [0.05, 0.1) is 33.9 Å². The fourth-order valence-corrected chi connectivity index (χ4v) is 3.97. The third kappa shape index (κ3) is 2.99. The van der Waals surface area contributed by atoms with E-state index in [-0.39, 0.29) is 0 Å². The van der Waals surface area contributed by atoms with Gasteiger partial charge in [0.2, 0.25) is 0 Å². The number of pyridine rings is 1. The molecule has 5 nitrogen and oxygen atoms in total. The molecule has 4 aromatic rings. The highest BCUT2D eigenvalue weighted by atomic mass is 79.9. The monoisotopic (exact) mass is 443 g/mol. The van der Waals surface area contributed by atoms with Gasteiger partial charge in [-0.15, -0.1) is 0 Å². The first-order valence-corrected chi connectivity index (χ1v) is 9.57. The van der Waals surface area contributed by atoms with Crippen molar-refractivity contribution >= 4 is 55.4 Å². The summed E-state index contributed by atoms with van der Waals surface area (Å²) in [6.45, 7) is 3.98. The van der Waals surface area contributed by atoms with E-state index in [0.717, 1.165) is 32.4 Å². The summed E-state index contributed by atoms with van der Waals surface area (Å²) in [6.07, 6.45) is 1.74. The van der Waals surface area contributed by atoms with Gasteiger partial charge in [0, 0.05) is 16.1 Å². The van der Waals surface area contributed by atoms with E-state index in [1.807, 2.05) is 41.8 Å². The molecule has 7 heteroatoms. The summed E-state index contributed by atoms with van der Waals surface area (Å²) in [6, 6.07) is 11.2. The Morgan fingerprint density at radius 2 is 2.11 bits per heavy atom. The third-order valence-corrected chi connectivity index (χ3v) is 5.10. The summed E-state index contributed by atoms with van der Waals surface area (Å²) in [5.41, 5.74) is 3.46. The average Bonchev–Trinajstić information content (AvgIpc) is 2.96. The van der Waals surface area contributed by atoms with Crippen molar-refractivity contribution in [2.24, 2.45) is 0 Å². The molecule has 0 fully saturated rings. The third-order valence-electron chi connectivity index (χ3n) is 4.32. The standard InChI is InChI=1S/C20H15BrClN3O2/c1-3-27-20(26)13-9-12(21)10-17-19(13)24-11(2)25(17)16-7-8-23-15-6-4-5-14(22)18(15)16/h4-10H,3H2,1-2H3. The fraction of sp³-hybridized carbons (Fsp3) is 0.150. The van der Waals surface area contributed by atoms with Gasteiger partial charge in [-0.3, -0.25) is 9.55 Å². The lowest BCUT2D eigenvalue weighted by molar-refractivity contribution is 0.0528. The molecule has 4 rings (SSSR count). The van der Waals surface area contributed by atoms with Crippen molar-refractivity contribution < 1.29 is 9.53 Å². The number of halogens is 2. The average molecular weight is 445 g/mol. The molecule has 0 aliphatic carbocycles. The molecule has 0 bridgehead atoms. The number of imidazole rings is 1. The highest BCUT2D eigenvalue weighted by molar-refractivity contribution is 9.10. The van der Waals surface area contributed by atoms with Gasteiger partial charge >= 0.3 is 5.97 Å². The minimum absolute atomic E-state index is 0.303. The number of rotatable bonds is 3. The molecule has 0 aliphatic rings. The molecule has 2 aromatic heterocycles. The number of aryl methyl sites for hydroxylation is 1. The maximum Gasteiger partial charge on any atom is 0.340 e. The smallest absolute Gasteiger partial charge is 0.340 e. The number of carbonyl (C=O) groups is 1. The van der Waals surface area contributed by atoms with Gasteiger partial charge in [-0.2, -0.15) is 0 Å². The number of carbonyl (C=O) groups excluding carboxylic acids is 1. The van der Waals surface area contributed by atoms with Gasteiger partial charge in [-0.05, 0) is 44.2 Å². The molecule has 0 spiro atoms. The molecule has 0 N–H and O–H groups in total. The van der Waals surface area contributed by atoms with Crippen molar-refractivity contribution in [2.45, 2.75) is 13.8 Å². The second-order valence-electron chi connectivity index (χ2n) is 6.00. The molecule has 0 saturated carbocycles. The molecule has 0 unspecified atom stereocenters. The maximum atomic E-state index is 12.4. The van der Waals surface area contributed by atoms with Crippen LogP contribution in [0.5, 0.6) is 0 Å². The molecular formula is C20H15BrClN3O2. The predicted octanol–water partition coefficient (Wildman–Crippen LogP) is 5.47. The summed E-state index contributed by atoms with van der Waals surface area (Å²) < 4.78 is 7.95. The molecule has 27 heavy (non-hydrogen) atoms. The van der Waals surface area contributed by atoms with Crippen LogP contribution in [0.15, 0.2) is 47.1 Å². The molecule has 0 amide bonds. The van der Waals surface area contributed by atoms with Crippen molar-refractivity contribution in [2.75, 3.05) is 6.61 Å². The summed E-state index contributed by atoms with van der Waals surface area (Å²) in [7, 11) is 0. The van der Waals surface area contributed by atoms with Crippen molar-refractivity contribution in [3.8, 4) is 5.69 Å². The van der Waals surface area contributed by atoms with Gasteiger partial charge in [-0.1, -0.05) is 33.6 Å². The Kier molecular flexibility index (Phi) is 4.61. The van der Waals surface area contributed by atoms with Gasteiger partial charge in [0.1, 0.15) is 11.3 Å². The van der Waals surface area contributed by atoms with E-state index in [1.54, 1.807) is 19.2 Å². The Balaban J connectivity index is 2.08. The maximum absolute atomic E-state index is 12.4. The second kappa shape index (κ2) is 6.94. The molecular weight excluding hydrogens is 430 g/mol. The number of esters is 1. The Morgan fingerprint density at radius 1 is 1.30 bits per heavy atom. The normalized spacial score (nSPS) is 11.3. The molecule has 0 radical (unpaired) electrons. The van der Waals surface area contributed by atoms with Crippen LogP contribution in [-0.4, -0.2) is 27.1 Å². The molecule has 2 aromatic carbocycles. The SMILES string of the molecule is CCOC(=O)c1cc(Br)cc2c1nc(C)n2-c1ccnc2cccc(Cl)c12. The van der Waals surface area contributed by atoms with E-state index in [4.69, 9.17) is 16.3 Å². The predicted molar refractivity (Wildman–Crippen MR) is 110 cm³/mol. The molecule has 136 valence electrons. The minimum atomic E-state index is -0.397. The fourth-order valence-electron chi connectivity index (χ4n) is 3.26. The van der Waals surface area contributed by atoms with E-state index >= 15 is 0 Å². The topological polar surface area (TPSA) is 57.0 Å². The van der Waals surface area contributed by atoms with E-state index in [0.29, 0.717) is 22.7 Å². The lowest BCUT2D eigenvalue weighted by atomic mass is 10.1. The first kappa shape index (κ1) is 17.9. The van der Waals surface area contributed by atoms with Crippen molar-refractivity contribution in [3.05, 3.63) is 63.5 Å². The van der Waals surface area contributed by atoms with Gasteiger partial charge in [0.25, 0.3) is 0 Å². The highest BCUT2D eigenvalue weighted by Gasteiger charge is 2.20. The van der Waals surface area contributed by atoms with E-state index in [1.165, 1.54) is 0 Å². The van der Waals surface area contributed by atoms with Crippen LogP contribution in [0.25, 0.3) is 27.6 Å². The van der Waals surface area contributed by atoms with Crippen molar-refractivity contribution in [1.82, 2.24) is 14.5 Å². The molecule has 0 atom stereocenters. The lowest BCUT2D eigenvalue weighted by Gasteiger charge is -2.12. The van der Waals surface area contributed by atoms with Crippen LogP contribution in [0.4, 0.5) is 0 Å². The van der Waals surface area contributed by atoms with Crippen molar-refractivity contribution in [1.29, 1.82) is 0 Å². The second-order valence-corrected chi connectivity index (χ2v) is 7.32. The number of benzene rings is 2. The summed E-state index contributed by atoms with van der Waals surface area (Å²) >= 11 is 9.98. The zero-order valence-electron chi connectivity index (χ0n) is 14.7. The number of hydrogen-bond acceptors (Lipinski definition) is 4. The van der Waals surface area contributed by atoms with Crippen LogP contribution in [-0.2, 0) is 4.74 Å². The van der Waals surface area contributed by atoms with Crippen LogP contribution in [0.2, 0.25) is 5.02 Å². The molecule has 0 aliphatic heterocycles. The number of nitrogens with zero attached hydrogens (tertiary/aromatic N) is 3. The zero-order chi connectivity index (χ0) is 19.1. The Hall–Kier alpha value is -2.44. The van der Waals surface area contributed by atoms with Crippen LogP contribution in [0, 0.1) is 6.92 Å². The molecule has 2 heterocycles. The first-order valence-electron chi connectivity index (χ1n) is 8.40. The number of ether oxygens (including phenoxy) is 1. The number of hydrogen-bond donors (Lipinski definition) is 0. The van der Waals surface area contributed by atoms with Crippen LogP contribution in [0.3, 0.4) is 0 Å². The first-order chi connectivity index (χ1) is 13.0. The quantitative estimate of drug-likeness (QED) is 0.393. The van der Waals surface area contributed by atoms with Crippen molar-refractivity contribution in [3.63, 3.8) is 0 Å². The van der Waals surface area contributed by atoms with Crippen LogP contribution < -0.4 is 0 Å². The summed E-state index contributed by atoms with van der Waals surface area (Å²) in [4.78, 5) is 21.5. The van der Waals surface area contributed by atoms with E-state index in [2.05, 4.69) is 25.9 Å². The lowest BCUT2D eigenvalue weighted by Crippen LogP contribution is -2.05. The van der Waals surface area contributed by atoms with E-state index in [9.17, 15) is 4.79 Å². The number of aromatic nitrogens is 3. The van der Waals surface area contributed by atoms with Crippen LogP contribution in [0.1, 0.15) is 23.1 Å². The zero-order valence-corrected chi connectivity index (χ0v) is 17.0. The molecule has 0 saturated heterocycles. The van der Waals surface area contributed by atoms with E-state index < -0.39 is 5.97 Å². The Morgan fingerprint density at radius 3 is 2.89 bits per heavy atom. The van der Waals surface area contributed by atoms with Gasteiger partial charge < -0.3 is 4.74 Å². The Labute approximate surface area is 169 Å².